The number of halogens is 4. The largest absolute Gasteiger partial charge is 0.487 e. The summed E-state index contributed by atoms with van der Waals surface area (Å²) in [4.78, 5) is 16.6. The molecule has 2 heterocycles. The number of rotatable bonds is 9. The quantitative estimate of drug-likeness (QED) is 0.432. The molecule has 4 rings (SSSR count). The average molecular weight is 537 g/mol. The number of fused-ring (bicyclic) bond motifs is 1. The molecule has 2 N–H and O–H groups in total. The monoisotopic (exact) mass is 536 g/mol. The Kier molecular flexibility index (Phi) is 8.00. The van der Waals surface area contributed by atoms with Crippen LogP contribution in [0.1, 0.15) is 29.8 Å². The van der Waals surface area contributed by atoms with E-state index in [2.05, 4.69) is 25.6 Å². The second-order valence-corrected chi connectivity index (χ2v) is 8.68. The summed E-state index contributed by atoms with van der Waals surface area (Å²) < 4.78 is 48.8. The molecule has 13 heteroatoms. The van der Waals surface area contributed by atoms with Crippen molar-refractivity contribution in [3.63, 3.8) is 0 Å². The molecule has 37 heavy (non-hydrogen) atoms. The lowest BCUT2D eigenvalue weighted by Gasteiger charge is -2.25. The van der Waals surface area contributed by atoms with Crippen molar-refractivity contribution in [1.29, 1.82) is 0 Å². The van der Waals surface area contributed by atoms with Gasteiger partial charge in [0.05, 0.1) is 23.5 Å². The molecular formula is C24H24ClF3N6O3. The van der Waals surface area contributed by atoms with Gasteiger partial charge in [0.25, 0.3) is 0 Å². The number of aromatic nitrogens is 1. The molecule has 0 saturated carbocycles. The second-order valence-electron chi connectivity index (χ2n) is 8.28. The fourth-order valence-electron chi connectivity index (χ4n) is 4.00. The highest BCUT2D eigenvalue weighted by molar-refractivity contribution is 6.31. The highest BCUT2D eigenvalue weighted by Crippen LogP contribution is 2.32. The van der Waals surface area contributed by atoms with Crippen LogP contribution in [0.5, 0.6) is 5.75 Å². The van der Waals surface area contributed by atoms with E-state index in [4.69, 9.17) is 16.3 Å². The number of para-hydroxylation sites is 1. The number of carbonyl (C=O) groups excluding carboxylic acids is 1. The van der Waals surface area contributed by atoms with Crippen molar-refractivity contribution in [1.82, 2.24) is 15.4 Å². The smallest absolute Gasteiger partial charge is 0.345 e. The van der Waals surface area contributed by atoms with Gasteiger partial charge in [-0.1, -0.05) is 17.7 Å². The zero-order valence-corrected chi connectivity index (χ0v) is 20.9. The van der Waals surface area contributed by atoms with Crippen LogP contribution in [0.2, 0.25) is 5.02 Å². The van der Waals surface area contributed by atoms with Crippen molar-refractivity contribution in [3.8, 4) is 5.75 Å². The van der Waals surface area contributed by atoms with Crippen LogP contribution >= 0.6 is 11.6 Å². The van der Waals surface area contributed by atoms with E-state index in [1.54, 1.807) is 25.2 Å². The normalized spacial score (nSPS) is 15.8. The Morgan fingerprint density at radius 2 is 2.08 bits per heavy atom. The first kappa shape index (κ1) is 26.5. The van der Waals surface area contributed by atoms with Gasteiger partial charge in [-0.3, -0.25) is 10.2 Å². The fraction of sp³-hybridized carbons (Fsp3) is 0.292. The Bertz CT molecular complexity index is 1340. The number of hydrogen-bond donors (Lipinski definition) is 2. The molecule has 1 aliphatic rings. The van der Waals surface area contributed by atoms with Gasteiger partial charge in [-0.25, -0.2) is 14.5 Å². The summed E-state index contributed by atoms with van der Waals surface area (Å²) in [6, 6.07) is 8.95. The average Bonchev–Trinajstić information content (AvgIpc) is 3.27. The van der Waals surface area contributed by atoms with Crippen LogP contribution in [0.3, 0.4) is 0 Å². The summed E-state index contributed by atoms with van der Waals surface area (Å²) in [5.41, 5.74) is 7.25. The molecule has 1 aromatic heterocycles. The van der Waals surface area contributed by atoms with Crippen molar-refractivity contribution < 1.29 is 32.6 Å². The van der Waals surface area contributed by atoms with Crippen molar-refractivity contribution >= 4 is 40.4 Å². The third kappa shape index (κ3) is 6.04. The molecule has 0 bridgehead atoms. The van der Waals surface area contributed by atoms with Crippen molar-refractivity contribution in [2.45, 2.75) is 33.1 Å². The number of hydrogen-bond acceptors (Lipinski definition) is 6. The number of quaternary nitrogens is 1. The Morgan fingerprint density at radius 3 is 2.78 bits per heavy atom. The highest BCUT2D eigenvalue weighted by atomic mass is 35.5. The molecule has 0 spiro atoms. The minimum absolute atomic E-state index is 0.0732. The van der Waals surface area contributed by atoms with E-state index < -0.39 is 31.0 Å². The molecule has 3 aromatic rings. The fourth-order valence-corrected chi connectivity index (χ4v) is 4.27. The number of carbonyl (C=O) groups is 1. The molecule has 0 radical (unpaired) electrons. The summed E-state index contributed by atoms with van der Waals surface area (Å²) in [5.74, 6) is -0.951. The van der Waals surface area contributed by atoms with Gasteiger partial charge >= 0.3 is 6.61 Å². The van der Waals surface area contributed by atoms with Gasteiger partial charge in [0.1, 0.15) is 30.3 Å². The Labute approximate surface area is 215 Å². The van der Waals surface area contributed by atoms with Crippen LogP contribution in [0.15, 0.2) is 41.5 Å². The summed E-state index contributed by atoms with van der Waals surface area (Å²) in [6.45, 7) is -0.569. The van der Waals surface area contributed by atoms with Crippen LogP contribution in [0.25, 0.3) is 16.3 Å². The van der Waals surface area contributed by atoms with E-state index in [0.717, 1.165) is 22.8 Å². The Balaban J connectivity index is 1.61. The molecule has 0 saturated heterocycles. The SMILES string of the molecule is Cc1cc([NH+]2[N-]C=NN2C)c2cccc(OCc3c(Cl)cc(F)cc3[C@H](C)NC(=O)COC(F)F)c2n1. The van der Waals surface area contributed by atoms with Crippen LogP contribution in [-0.4, -0.2) is 42.6 Å². The molecule has 1 amide bonds. The Hall–Kier alpha value is -3.61. The van der Waals surface area contributed by atoms with Crippen LogP contribution in [-0.2, 0) is 16.1 Å². The molecule has 1 unspecified atom stereocenters. The minimum Gasteiger partial charge on any atom is -0.487 e. The van der Waals surface area contributed by atoms with Crippen molar-refractivity contribution in [2.75, 3.05) is 13.7 Å². The maximum atomic E-state index is 14.2. The summed E-state index contributed by atoms with van der Waals surface area (Å²) in [5, 5.41) is 9.86. The van der Waals surface area contributed by atoms with E-state index in [1.807, 2.05) is 25.1 Å². The number of nitrogens with one attached hydrogen (secondary N) is 2. The number of hydrazone groups is 1. The number of ether oxygens (including phenoxy) is 2. The lowest BCUT2D eigenvalue weighted by molar-refractivity contribution is -0.910. The minimum atomic E-state index is -3.08. The van der Waals surface area contributed by atoms with E-state index >= 15 is 0 Å². The lowest BCUT2D eigenvalue weighted by Crippen LogP contribution is -3.07. The Morgan fingerprint density at radius 1 is 1.30 bits per heavy atom. The standard InChI is InChI=1S/C24H24ClF3N6O3/c1-13-7-20(34-30-12-29-33(34)3)16-5-4-6-21(23(16)31-13)36-10-18-17(8-15(26)9-19(18)25)14(2)32-22(35)11-37-24(27)28/h4-9,12,14,24,34H,10-11H2,1-3H3,(H-,29,30,32,35)/t14-/m0/s1. The van der Waals surface area contributed by atoms with Gasteiger partial charge in [-0.2, -0.15) is 13.9 Å². The molecule has 9 nitrogen and oxygen atoms in total. The summed E-state index contributed by atoms with van der Waals surface area (Å²) in [6.07, 6.45) is 1.47. The first-order chi connectivity index (χ1) is 17.6. The van der Waals surface area contributed by atoms with E-state index in [9.17, 15) is 18.0 Å². The van der Waals surface area contributed by atoms with E-state index in [0.29, 0.717) is 27.5 Å². The first-order valence-corrected chi connectivity index (χ1v) is 11.6. The predicted molar refractivity (Wildman–Crippen MR) is 131 cm³/mol. The van der Waals surface area contributed by atoms with Crippen LogP contribution < -0.4 is 15.2 Å². The van der Waals surface area contributed by atoms with Gasteiger partial charge < -0.3 is 19.9 Å². The first-order valence-electron chi connectivity index (χ1n) is 11.2. The molecule has 2 aromatic carbocycles. The van der Waals surface area contributed by atoms with E-state index in [1.165, 1.54) is 12.4 Å². The van der Waals surface area contributed by atoms with Gasteiger partial charge in [-0.05, 0) is 50.0 Å². The second kappa shape index (κ2) is 11.2. The topological polar surface area (TPSA) is 94.6 Å². The third-order valence-corrected chi connectivity index (χ3v) is 5.97. The van der Waals surface area contributed by atoms with Gasteiger partial charge in [0, 0.05) is 17.3 Å². The summed E-state index contributed by atoms with van der Waals surface area (Å²) in [7, 11) is 1.79. The predicted octanol–water partition coefficient (Wildman–Crippen LogP) is 3.94. The molecule has 0 fully saturated rings. The molecule has 196 valence electrons. The van der Waals surface area contributed by atoms with E-state index in [-0.39, 0.29) is 11.6 Å². The van der Waals surface area contributed by atoms with Crippen molar-refractivity contribution in [2.24, 2.45) is 5.10 Å². The molecule has 0 aliphatic carbocycles. The maximum absolute atomic E-state index is 14.2. The zero-order valence-electron chi connectivity index (χ0n) is 20.1. The zero-order chi connectivity index (χ0) is 26.7. The van der Waals surface area contributed by atoms with Gasteiger partial charge in [0.2, 0.25) is 5.91 Å². The lowest BCUT2D eigenvalue weighted by atomic mass is 10.0. The molecule has 1 aliphatic heterocycles. The number of pyridine rings is 1. The number of benzene rings is 2. The van der Waals surface area contributed by atoms with Gasteiger partial charge in [-0.15, -0.1) is 0 Å². The number of amides is 1. The van der Waals surface area contributed by atoms with Crippen LogP contribution in [0, 0.1) is 12.7 Å². The molecular weight excluding hydrogens is 513 g/mol. The summed E-state index contributed by atoms with van der Waals surface area (Å²) >= 11 is 6.35. The van der Waals surface area contributed by atoms with Crippen molar-refractivity contribution in [3.05, 3.63) is 69.5 Å². The number of aryl methyl sites for hydroxylation is 1. The number of nitrogens with zero attached hydrogens (tertiary/aromatic N) is 4. The third-order valence-electron chi connectivity index (χ3n) is 5.63. The highest BCUT2D eigenvalue weighted by Gasteiger charge is 2.22. The van der Waals surface area contributed by atoms with Crippen LogP contribution in [0.4, 0.5) is 18.9 Å². The maximum Gasteiger partial charge on any atom is 0.345 e. The van der Waals surface area contributed by atoms with Gasteiger partial charge in [0.15, 0.2) is 5.69 Å². The number of alkyl halides is 2. The molecule has 2 atom stereocenters.